The molecule has 14 nitrogen and oxygen atoms in total. The lowest BCUT2D eigenvalue weighted by Crippen LogP contribution is -2.36. The number of carbonyl (C=O) groups excluding carboxylic acids is 1. The van der Waals surface area contributed by atoms with Crippen LogP contribution in [0.15, 0.2) is 6.33 Å². The van der Waals surface area contributed by atoms with Gasteiger partial charge in [0.25, 0.3) is 5.85 Å². The molecule has 5 atom stereocenters. The zero-order valence-corrected chi connectivity index (χ0v) is 18.6. The predicted molar refractivity (Wildman–Crippen MR) is 108 cm³/mol. The van der Waals surface area contributed by atoms with E-state index in [0.717, 1.165) is 0 Å². The maximum absolute atomic E-state index is 12.1. The van der Waals surface area contributed by atoms with Gasteiger partial charge in [-0.25, -0.2) is 9.78 Å². The Kier molecular flexibility index (Phi) is 7.37. The van der Waals surface area contributed by atoms with Crippen molar-refractivity contribution in [2.45, 2.75) is 44.2 Å². The van der Waals surface area contributed by atoms with E-state index in [2.05, 4.69) is 15.0 Å². The Morgan fingerprint density at radius 2 is 2.03 bits per heavy atom. The van der Waals surface area contributed by atoms with Crippen molar-refractivity contribution in [1.82, 2.24) is 19.5 Å². The molecule has 0 bridgehead atoms. The second-order valence-corrected chi connectivity index (χ2v) is 9.53. The third kappa shape index (κ3) is 5.18. The van der Waals surface area contributed by atoms with Gasteiger partial charge in [0.05, 0.1) is 19.5 Å². The Labute approximate surface area is 186 Å². The van der Waals surface area contributed by atoms with Crippen LogP contribution >= 0.6 is 19.2 Å². The van der Waals surface area contributed by atoms with Crippen LogP contribution in [-0.2, 0) is 23.6 Å². The van der Waals surface area contributed by atoms with Gasteiger partial charge in [0.1, 0.15) is 23.8 Å². The number of nitrogens with zero attached hydrogens (tertiary/aromatic N) is 4. The highest BCUT2D eigenvalue weighted by Crippen LogP contribution is 2.43. The van der Waals surface area contributed by atoms with Crippen molar-refractivity contribution < 1.29 is 43.6 Å². The van der Waals surface area contributed by atoms with Gasteiger partial charge < -0.3 is 39.9 Å². The summed E-state index contributed by atoms with van der Waals surface area (Å²) < 4.78 is 28.5. The summed E-state index contributed by atoms with van der Waals surface area (Å²) in [6, 6.07) is 0. The molecule has 0 amide bonds. The van der Waals surface area contributed by atoms with Gasteiger partial charge in [-0.3, -0.25) is 9.13 Å². The van der Waals surface area contributed by atoms with Gasteiger partial charge in [-0.15, -0.1) is 0 Å². The van der Waals surface area contributed by atoms with Crippen LogP contribution in [0.4, 0.5) is 5.82 Å². The number of nitrogen functional groups attached to an aromatic ring is 1. The fraction of sp³-hybridized carbons (Fsp3) is 0.625. The highest BCUT2D eigenvalue weighted by Gasteiger charge is 2.46. The van der Waals surface area contributed by atoms with Crippen LogP contribution in [0.5, 0.6) is 0 Å². The normalized spacial score (nSPS) is 24.9. The van der Waals surface area contributed by atoms with E-state index >= 15 is 0 Å². The number of imidazole rings is 1. The van der Waals surface area contributed by atoms with E-state index in [1.54, 1.807) is 13.8 Å². The van der Waals surface area contributed by atoms with Crippen LogP contribution in [0.2, 0.25) is 5.28 Å². The molecule has 16 heteroatoms. The highest BCUT2D eigenvalue weighted by atomic mass is 35.5. The highest BCUT2D eigenvalue weighted by molar-refractivity contribution is 7.53. The van der Waals surface area contributed by atoms with Gasteiger partial charge in [0.2, 0.25) is 5.28 Å². The van der Waals surface area contributed by atoms with E-state index in [0.29, 0.717) is 0 Å². The lowest BCUT2D eigenvalue weighted by molar-refractivity contribution is -0.156. The fourth-order valence-electron chi connectivity index (χ4n) is 3.00. The molecule has 6 N–H and O–H groups in total. The maximum atomic E-state index is 12.1. The Morgan fingerprint density at radius 3 is 2.66 bits per heavy atom. The molecule has 0 unspecified atom stereocenters. The van der Waals surface area contributed by atoms with Gasteiger partial charge in [0.15, 0.2) is 17.7 Å². The van der Waals surface area contributed by atoms with E-state index in [-0.39, 0.29) is 34.8 Å². The molecule has 1 aliphatic rings. The maximum Gasteiger partial charge on any atom is 0.365 e. The molecule has 1 aliphatic heterocycles. The number of nitrogens with two attached hydrogens (primary N) is 1. The number of carbonyl (C=O) groups is 1. The minimum Gasteiger partial charge on any atom is -0.463 e. The molecular formula is C16H23ClN5O9P. The average molecular weight is 496 g/mol. The SMILES string of the molecule is CC(C)COC(=O)[C@H](OC[C@H]1O[C@@H](n2cnc3c(N)nc(Cl)nc32)[C@H](O)[C@@H]1O)P(=O)(O)O. The van der Waals surface area contributed by atoms with E-state index in [9.17, 15) is 29.4 Å². The number of anilines is 1. The Bertz CT molecular complexity index is 1030. The first kappa shape index (κ1) is 24.7. The molecule has 3 heterocycles. The van der Waals surface area contributed by atoms with Crippen molar-refractivity contribution in [1.29, 1.82) is 0 Å². The molecule has 0 radical (unpaired) electrons. The summed E-state index contributed by atoms with van der Waals surface area (Å²) in [6.45, 7) is 2.79. The first-order valence-electron chi connectivity index (χ1n) is 9.40. The van der Waals surface area contributed by atoms with E-state index in [1.807, 2.05) is 0 Å². The number of esters is 1. The number of hydrogen-bond donors (Lipinski definition) is 5. The second kappa shape index (κ2) is 9.53. The van der Waals surface area contributed by atoms with Gasteiger partial charge in [-0.05, 0) is 17.5 Å². The topological polar surface area (TPSA) is 212 Å². The third-order valence-electron chi connectivity index (χ3n) is 4.52. The van der Waals surface area contributed by atoms with E-state index in [1.165, 1.54) is 10.9 Å². The molecule has 0 aliphatic carbocycles. The monoisotopic (exact) mass is 495 g/mol. The number of aliphatic hydroxyl groups is 2. The van der Waals surface area contributed by atoms with Crippen LogP contribution in [0.1, 0.15) is 20.1 Å². The third-order valence-corrected chi connectivity index (χ3v) is 5.66. The van der Waals surface area contributed by atoms with Gasteiger partial charge in [-0.1, -0.05) is 13.8 Å². The summed E-state index contributed by atoms with van der Waals surface area (Å²) in [7, 11) is -5.05. The van der Waals surface area contributed by atoms with Crippen LogP contribution in [-0.4, -0.2) is 82.9 Å². The second-order valence-electron chi connectivity index (χ2n) is 7.55. The Hall–Kier alpha value is -1.90. The molecular weight excluding hydrogens is 473 g/mol. The van der Waals surface area contributed by atoms with E-state index < -0.39 is 50.6 Å². The van der Waals surface area contributed by atoms with Crippen molar-refractivity contribution in [2.75, 3.05) is 18.9 Å². The standard InChI is InChI=1S/C16H23ClN5O9P/c1-6(2)3-29-14(25)15(32(26,27)28)30-4-7-9(23)10(24)13(31-7)22-5-19-8-11(18)20-16(17)21-12(8)22/h5-7,9-10,13,15,23-24H,3-4H2,1-2H3,(H2,18,20,21)(H2,26,27,28)/t7-,9-,10-,13-,15-/m1/s1. The van der Waals surface area contributed by atoms with E-state index in [4.69, 9.17) is 31.5 Å². The molecule has 2 aromatic heterocycles. The zero-order chi connectivity index (χ0) is 23.8. The number of halogens is 1. The molecule has 0 aromatic carbocycles. The summed E-state index contributed by atoms with van der Waals surface area (Å²) in [4.78, 5) is 42.8. The van der Waals surface area contributed by atoms with Crippen LogP contribution in [0.25, 0.3) is 11.2 Å². The van der Waals surface area contributed by atoms with Crippen LogP contribution in [0.3, 0.4) is 0 Å². The van der Waals surface area contributed by atoms with Gasteiger partial charge in [0, 0.05) is 0 Å². The largest absolute Gasteiger partial charge is 0.463 e. The first-order valence-corrected chi connectivity index (χ1v) is 11.5. The van der Waals surface area contributed by atoms with Crippen LogP contribution < -0.4 is 5.73 Å². The van der Waals surface area contributed by atoms with Gasteiger partial charge in [-0.2, -0.15) is 9.97 Å². The number of rotatable bonds is 8. The van der Waals surface area contributed by atoms with Gasteiger partial charge >= 0.3 is 13.6 Å². The van der Waals surface area contributed by atoms with Crippen molar-refractivity contribution in [2.24, 2.45) is 5.92 Å². The van der Waals surface area contributed by atoms with Crippen molar-refractivity contribution in [3.8, 4) is 0 Å². The van der Waals surface area contributed by atoms with Crippen molar-refractivity contribution >= 4 is 42.1 Å². The van der Waals surface area contributed by atoms with Crippen molar-refractivity contribution in [3.63, 3.8) is 0 Å². The number of ether oxygens (including phenoxy) is 3. The molecule has 1 saturated heterocycles. The predicted octanol–water partition coefficient (Wildman–Crippen LogP) is -0.599. The fourth-order valence-corrected chi connectivity index (χ4v) is 3.80. The smallest absolute Gasteiger partial charge is 0.365 e. The Morgan fingerprint density at radius 1 is 1.34 bits per heavy atom. The number of fused-ring (bicyclic) bond motifs is 1. The Balaban J connectivity index is 1.75. The van der Waals surface area contributed by atoms with Crippen LogP contribution in [0, 0.1) is 5.92 Å². The molecule has 32 heavy (non-hydrogen) atoms. The average Bonchev–Trinajstić information content (AvgIpc) is 3.21. The quantitative estimate of drug-likeness (QED) is 0.176. The summed E-state index contributed by atoms with van der Waals surface area (Å²) >= 11 is 5.82. The minimum atomic E-state index is -5.05. The summed E-state index contributed by atoms with van der Waals surface area (Å²) in [6.07, 6.45) is -4.25. The first-order chi connectivity index (χ1) is 14.9. The lowest BCUT2D eigenvalue weighted by atomic mass is 10.1. The summed E-state index contributed by atoms with van der Waals surface area (Å²) in [5.41, 5.74) is 6.07. The lowest BCUT2D eigenvalue weighted by Gasteiger charge is -2.21. The molecule has 178 valence electrons. The van der Waals surface area contributed by atoms with Crippen molar-refractivity contribution in [3.05, 3.63) is 11.6 Å². The molecule has 0 spiro atoms. The summed E-state index contributed by atoms with van der Waals surface area (Å²) in [5.74, 6) is -3.53. The number of aromatic nitrogens is 4. The number of aliphatic hydroxyl groups excluding tert-OH is 2. The number of hydrogen-bond acceptors (Lipinski definition) is 11. The molecule has 2 aromatic rings. The summed E-state index contributed by atoms with van der Waals surface area (Å²) in [5, 5.41) is 20.6. The zero-order valence-electron chi connectivity index (χ0n) is 17.0. The molecule has 3 rings (SSSR count). The molecule has 0 saturated carbocycles. The minimum absolute atomic E-state index is 0.00364. The molecule has 1 fully saturated rings.